The van der Waals surface area contributed by atoms with Crippen LogP contribution in [0.15, 0.2) is 0 Å². The Balaban J connectivity index is 2.17. The van der Waals surface area contributed by atoms with Crippen LogP contribution in [0.1, 0.15) is 46.5 Å². The molecule has 1 aliphatic rings. The second kappa shape index (κ2) is 5.99. The molecule has 16 heavy (non-hydrogen) atoms. The van der Waals surface area contributed by atoms with E-state index < -0.39 is 0 Å². The van der Waals surface area contributed by atoms with Crippen molar-refractivity contribution in [2.24, 2.45) is 5.73 Å². The molecule has 0 aromatic heterocycles. The molecule has 1 rings (SSSR count). The van der Waals surface area contributed by atoms with Crippen molar-refractivity contribution in [3.63, 3.8) is 0 Å². The molecule has 1 saturated carbocycles. The number of rotatable bonds is 4. The predicted molar refractivity (Wildman–Crippen MR) is 68.6 cm³/mol. The van der Waals surface area contributed by atoms with Crippen LogP contribution < -0.4 is 5.73 Å². The van der Waals surface area contributed by atoms with Crippen molar-refractivity contribution < 1.29 is 4.74 Å². The zero-order valence-corrected chi connectivity index (χ0v) is 11.3. The first-order valence-corrected chi connectivity index (χ1v) is 6.48. The number of hydrogen-bond donors (Lipinski definition) is 1. The van der Waals surface area contributed by atoms with Gasteiger partial charge in [0, 0.05) is 18.6 Å². The summed E-state index contributed by atoms with van der Waals surface area (Å²) in [6, 6.07) is 1.15. The van der Waals surface area contributed by atoms with Gasteiger partial charge in [-0.2, -0.15) is 0 Å². The zero-order valence-electron chi connectivity index (χ0n) is 11.3. The minimum absolute atomic E-state index is 0.0181. The molecule has 0 unspecified atom stereocenters. The summed E-state index contributed by atoms with van der Waals surface area (Å²) >= 11 is 0. The Hall–Kier alpha value is -0.120. The third kappa shape index (κ3) is 5.28. The lowest BCUT2D eigenvalue weighted by molar-refractivity contribution is -0.0161. The van der Waals surface area contributed by atoms with Gasteiger partial charge in [0.2, 0.25) is 0 Å². The van der Waals surface area contributed by atoms with Crippen LogP contribution in [0.2, 0.25) is 0 Å². The molecule has 0 saturated heterocycles. The molecule has 1 fully saturated rings. The average Bonchev–Trinajstić information content (AvgIpc) is 2.16. The minimum atomic E-state index is -0.0181. The number of hydrogen-bond acceptors (Lipinski definition) is 3. The van der Waals surface area contributed by atoms with Crippen LogP contribution >= 0.6 is 0 Å². The van der Waals surface area contributed by atoms with Crippen LogP contribution in [0.3, 0.4) is 0 Å². The molecule has 0 aromatic carbocycles. The summed E-state index contributed by atoms with van der Waals surface area (Å²) in [6.07, 6.45) is 4.84. The fourth-order valence-corrected chi connectivity index (χ4v) is 2.22. The SMILES string of the molecule is CN(CCOC(C)(C)C)C1CCC(N)CC1. The van der Waals surface area contributed by atoms with E-state index in [1.165, 1.54) is 25.7 Å². The first-order valence-electron chi connectivity index (χ1n) is 6.48. The van der Waals surface area contributed by atoms with Gasteiger partial charge in [0.1, 0.15) is 0 Å². The molecule has 0 aromatic rings. The Bertz CT molecular complexity index is 193. The summed E-state index contributed by atoms with van der Waals surface area (Å²) in [7, 11) is 2.20. The van der Waals surface area contributed by atoms with Crippen molar-refractivity contribution in [1.29, 1.82) is 0 Å². The van der Waals surface area contributed by atoms with Crippen LogP contribution in [0, 0.1) is 0 Å². The van der Waals surface area contributed by atoms with Gasteiger partial charge in [-0.05, 0) is 53.5 Å². The Morgan fingerprint density at radius 2 is 1.75 bits per heavy atom. The van der Waals surface area contributed by atoms with Gasteiger partial charge in [-0.25, -0.2) is 0 Å². The highest BCUT2D eigenvalue weighted by Crippen LogP contribution is 2.21. The first kappa shape index (κ1) is 13.9. The standard InChI is InChI=1S/C13H28N2O/c1-13(2,3)16-10-9-15(4)12-7-5-11(14)6-8-12/h11-12H,5-10,14H2,1-4H3. The Labute approximate surface area is 100 Å². The molecule has 0 heterocycles. The van der Waals surface area contributed by atoms with Gasteiger partial charge in [-0.15, -0.1) is 0 Å². The van der Waals surface area contributed by atoms with Gasteiger partial charge in [0.15, 0.2) is 0 Å². The molecule has 0 aliphatic heterocycles. The summed E-state index contributed by atoms with van der Waals surface area (Å²) in [5, 5.41) is 0. The van der Waals surface area contributed by atoms with E-state index in [1.807, 2.05) is 0 Å². The van der Waals surface area contributed by atoms with E-state index in [4.69, 9.17) is 10.5 Å². The first-order chi connectivity index (χ1) is 7.38. The quantitative estimate of drug-likeness (QED) is 0.800. The maximum absolute atomic E-state index is 5.91. The third-order valence-corrected chi connectivity index (χ3v) is 3.34. The summed E-state index contributed by atoms with van der Waals surface area (Å²) < 4.78 is 5.75. The van der Waals surface area contributed by atoms with E-state index in [0.29, 0.717) is 12.1 Å². The summed E-state index contributed by atoms with van der Waals surface area (Å²) in [4.78, 5) is 2.43. The van der Waals surface area contributed by atoms with E-state index in [-0.39, 0.29) is 5.60 Å². The lowest BCUT2D eigenvalue weighted by Gasteiger charge is -2.34. The van der Waals surface area contributed by atoms with Crippen LogP contribution in [0.25, 0.3) is 0 Å². The Morgan fingerprint density at radius 3 is 2.25 bits per heavy atom. The molecular formula is C13H28N2O. The monoisotopic (exact) mass is 228 g/mol. The Kier molecular flexibility index (Phi) is 5.22. The largest absolute Gasteiger partial charge is 0.375 e. The van der Waals surface area contributed by atoms with Crippen LogP contribution in [0.5, 0.6) is 0 Å². The molecule has 1 aliphatic carbocycles. The molecule has 0 bridgehead atoms. The zero-order chi connectivity index (χ0) is 12.2. The van der Waals surface area contributed by atoms with Gasteiger partial charge in [-0.3, -0.25) is 0 Å². The van der Waals surface area contributed by atoms with Gasteiger partial charge in [0.05, 0.1) is 12.2 Å². The lowest BCUT2D eigenvalue weighted by Crippen LogP contribution is -2.40. The summed E-state index contributed by atoms with van der Waals surface area (Å²) in [5.41, 5.74) is 5.89. The van der Waals surface area contributed by atoms with E-state index in [0.717, 1.165) is 13.2 Å². The molecule has 0 radical (unpaired) electrons. The second-order valence-electron chi connectivity index (χ2n) is 6.01. The fraction of sp³-hybridized carbons (Fsp3) is 1.00. The number of nitrogens with two attached hydrogens (primary N) is 1. The van der Waals surface area contributed by atoms with E-state index in [2.05, 4.69) is 32.7 Å². The third-order valence-electron chi connectivity index (χ3n) is 3.34. The molecule has 0 amide bonds. The smallest absolute Gasteiger partial charge is 0.0600 e. The molecule has 2 N–H and O–H groups in total. The van der Waals surface area contributed by atoms with Crippen LogP contribution in [-0.2, 0) is 4.74 Å². The normalized spacial score (nSPS) is 27.4. The van der Waals surface area contributed by atoms with E-state index >= 15 is 0 Å². The van der Waals surface area contributed by atoms with Gasteiger partial charge < -0.3 is 15.4 Å². The molecule has 0 atom stereocenters. The topological polar surface area (TPSA) is 38.5 Å². The van der Waals surface area contributed by atoms with Gasteiger partial charge in [0.25, 0.3) is 0 Å². The molecule has 0 spiro atoms. The van der Waals surface area contributed by atoms with Crippen molar-refractivity contribution in [1.82, 2.24) is 4.90 Å². The van der Waals surface area contributed by atoms with E-state index in [9.17, 15) is 0 Å². The molecule has 3 heteroatoms. The average molecular weight is 228 g/mol. The van der Waals surface area contributed by atoms with Crippen LogP contribution in [0.4, 0.5) is 0 Å². The van der Waals surface area contributed by atoms with Gasteiger partial charge >= 0.3 is 0 Å². The molecule has 96 valence electrons. The highest BCUT2D eigenvalue weighted by molar-refractivity contribution is 4.79. The van der Waals surface area contributed by atoms with Crippen molar-refractivity contribution in [3.05, 3.63) is 0 Å². The summed E-state index contributed by atoms with van der Waals surface area (Å²) in [6.45, 7) is 8.16. The maximum Gasteiger partial charge on any atom is 0.0600 e. The van der Waals surface area contributed by atoms with Crippen molar-refractivity contribution in [2.45, 2.75) is 64.1 Å². The molecule has 3 nitrogen and oxygen atoms in total. The summed E-state index contributed by atoms with van der Waals surface area (Å²) in [5.74, 6) is 0. The van der Waals surface area contributed by atoms with E-state index in [1.54, 1.807) is 0 Å². The highest BCUT2D eigenvalue weighted by atomic mass is 16.5. The van der Waals surface area contributed by atoms with Crippen molar-refractivity contribution >= 4 is 0 Å². The second-order valence-corrected chi connectivity index (χ2v) is 6.01. The molecular weight excluding hydrogens is 200 g/mol. The number of nitrogens with zero attached hydrogens (tertiary/aromatic N) is 1. The number of ether oxygens (including phenoxy) is 1. The van der Waals surface area contributed by atoms with Crippen molar-refractivity contribution in [3.8, 4) is 0 Å². The van der Waals surface area contributed by atoms with Gasteiger partial charge in [-0.1, -0.05) is 0 Å². The van der Waals surface area contributed by atoms with Crippen LogP contribution in [-0.4, -0.2) is 42.8 Å². The predicted octanol–water partition coefficient (Wildman–Crippen LogP) is 2.00. The Morgan fingerprint density at radius 1 is 1.19 bits per heavy atom. The maximum atomic E-state index is 5.91. The van der Waals surface area contributed by atoms with Crippen molar-refractivity contribution in [2.75, 3.05) is 20.2 Å². The number of likely N-dealkylation sites (N-methyl/N-ethyl adjacent to an activating group) is 1. The lowest BCUT2D eigenvalue weighted by atomic mass is 9.91. The minimum Gasteiger partial charge on any atom is -0.375 e. The fourth-order valence-electron chi connectivity index (χ4n) is 2.22. The highest BCUT2D eigenvalue weighted by Gasteiger charge is 2.22.